The molecule has 0 saturated heterocycles. The fourth-order valence-corrected chi connectivity index (χ4v) is 2.35. The maximum atomic E-state index is 10.3. The lowest BCUT2D eigenvalue weighted by Crippen LogP contribution is -2.07. The van der Waals surface area contributed by atoms with E-state index >= 15 is 0 Å². The minimum absolute atomic E-state index is 0.482. The molecular weight excluding hydrogens is 264 g/mol. The molecule has 0 aliphatic heterocycles. The molecular formula is C18H22O3. The smallest absolute Gasteiger partial charge is 0.122 e. The van der Waals surface area contributed by atoms with Crippen molar-refractivity contribution in [1.29, 1.82) is 0 Å². The lowest BCUT2D eigenvalue weighted by Gasteiger charge is -2.17. The normalized spacial score (nSPS) is 12.0. The van der Waals surface area contributed by atoms with Crippen molar-refractivity contribution in [3.8, 4) is 11.5 Å². The van der Waals surface area contributed by atoms with Crippen molar-refractivity contribution in [2.45, 2.75) is 26.4 Å². The van der Waals surface area contributed by atoms with Crippen molar-refractivity contribution in [2.75, 3.05) is 13.7 Å². The zero-order chi connectivity index (χ0) is 15.2. The number of benzene rings is 2. The van der Waals surface area contributed by atoms with Crippen molar-refractivity contribution in [1.82, 2.24) is 0 Å². The number of ether oxygens (including phenoxy) is 2. The molecule has 0 spiro atoms. The Morgan fingerprint density at radius 3 is 2.43 bits per heavy atom. The van der Waals surface area contributed by atoms with Gasteiger partial charge in [-0.1, -0.05) is 18.2 Å². The van der Waals surface area contributed by atoms with Crippen LogP contribution in [-0.4, -0.2) is 18.8 Å². The summed E-state index contributed by atoms with van der Waals surface area (Å²) in [5.74, 6) is 1.68. The van der Waals surface area contributed by atoms with E-state index in [4.69, 9.17) is 9.47 Å². The summed E-state index contributed by atoms with van der Waals surface area (Å²) in [6, 6.07) is 13.6. The average molecular weight is 286 g/mol. The number of hydrogen-bond acceptors (Lipinski definition) is 3. The second kappa shape index (κ2) is 7.14. The minimum atomic E-state index is -0.529. The molecule has 2 rings (SSSR count). The maximum Gasteiger partial charge on any atom is 0.122 e. The molecule has 0 saturated carbocycles. The van der Waals surface area contributed by atoms with Gasteiger partial charge in [0.1, 0.15) is 11.5 Å². The summed E-state index contributed by atoms with van der Waals surface area (Å²) >= 11 is 0. The standard InChI is InChI=1S/C18H22O3/c1-13-12-18(20-3)14(2)11-16(13)17(19)9-10-21-15-7-5-4-6-8-15/h4-8,11-12,17,19H,9-10H2,1-3H3. The van der Waals surface area contributed by atoms with Crippen LogP contribution in [0.5, 0.6) is 11.5 Å². The summed E-state index contributed by atoms with van der Waals surface area (Å²) in [7, 11) is 1.66. The Balaban J connectivity index is 1.97. The monoisotopic (exact) mass is 286 g/mol. The highest BCUT2D eigenvalue weighted by Gasteiger charge is 2.13. The second-order valence-electron chi connectivity index (χ2n) is 5.14. The van der Waals surface area contributed by atoms with E-state index in [-0.39, 0.29) is 0 Å². The SMILES string of the molecule is COc1cc(C)c(C(O)CCOc2ccccc2)cc1C. The first kappa shape index (κ1) is 15.4. The Labute approximate surface area is 126 Å². The Bertz CT molecular complexity index is 579. The molecule has 0 fully saturated rings. The quantitative estimate of drug-likeness (QED) is 0.877. The molecule has 0 aliphatic carbocycles. The molecule has 112 valence electrons. The van der Waals surface area contributed by atoms with E-state index in [2.05, 4.69) is 0 Å². The highest BCUT2D eigenvalue weighted by atomic mass is 16.5. The van der Waals surface area contributed by atoms with E-state index in [1.165, 1.54) is 0 Å². The zero-order valence-corrected chi connectivity index (χ0v) is 12.8. The minimum Gasteiger partial charge on any atom is -0.496 e. The van der Waals surface area contributed by atoms with Crippen LogP contribution in [0.2, 0.25) is 0 Å². The van der Waals surface area contributed by atoms with Crippen LogP contribution in [0.4, 0.5) is 0 Å². The molecule has 1 unspecified atom stereocenters. The number of aliphatic hydroxyl groups is 1. The van der Waals surface area contributed by atoms with Crippen molar-refractivity contribution < 1.29 is 14.6 Å². The third kappa shape index (κ3) is 3.99. The Morgan fingerprint density at radius 1 is 1.05 bits per heavy atom. The van der Waals surface area contributed by atoms with Gasteiger partial charge in [-0.15, -0.1) is 0 Å². The lowest BCUT2D eigenvalue weighted by molar-refractivity contribution is 0.140. The molecule has 0 amide bonds. The van der Waals surface area contributed by atoms with Gasteiger partial charge in [0.05, 0.1) is 19.8 Å². The van der Waals surface area contributed by atoms with Crippen LogP contribution in [0.1, 0.15) is 29.2 Å². The first-order chi connectivity index (χ1) is 10.1. The highest BCUT2D eigenvalue weighted by molar-refractivity contribution is 5.42. The number of para-hydroxylation sites is 1. The van der Waals surface area contributed by atoms with E-state index in [0.29, 0.717) is 13.0 Å². The number of hydrogen-bond donors (Lipinski definition) is 1. The number of aryl methyl sites for hydroxylation is 2. The van der Waals surface area contributed by atoms with Gasteiger partial charge in [-0.2, -0.15) is 0 Å². The highest BCUT2D eigenvalue weighted by Crippen LogP contribution is 2.28. The second-order valence-corrected chi connectivity index (χ2v) is 5.14. The Hall–Kier alpha value is -2.00. The molecule has 2 aromatic carbocycles. The topological polar surface area (TPSA) is 38.7 Å². The van der Waals surface area contributed by atoms with Gasteiger partial charge in [0, 0.05) is 6.42 Å². The Kier molecular flexibility index (Phi) is 5.23. The fourth-order valence-electron chi connectivity index (χ4n) is 2.35. The molecule has 3 nitrogen and oxygen atoms in total. The van der Waals surface area contributed by atoms with Crippen molar-refractivity contribution in [2.24, 2.45) is 0 Å². The van der Waals surface area contributed by atoms with E-state index in [9.17, 15) is 5.11 Å². The van der Waals surface area contributed by atoms with E-state index in [1.54, 1.807) is 7.11 Å². The van der Waals surface area contributed by atoms with Crippen LogP contribution in [0.3, 0.4) is 0 Å². The van der Waals surface area contributed by atoms with Crippen molar-refractivity contribution in [3.63, 3.8) is 0 Å². The predicted octanol–water partition coefficient (Wildman–Crippen LogP) is 3.81. The molecule has 0 radical (unpaired) electrons. The fraction of sp³-hybridized carbons (Fsp3) is 0.333. The van der Waals surface area contributed by atoms with E-state index < -0.39 is 6.10 Å². The maximum absolute atomic E-state index is 10.3. The lowest BCUT2D eigenvalue weighted by atomic mass is 9.98. The molecule has 0 bridgehead atoms. The van der Waals surface area contributed by atoms with Crippen LogP contribution >= 0.6 is 0 Å². The molecule has 0 aliphatic rings. The van der Waals surface area contributed by atoms with Gasteiger partial charge >= 0.3 is 0 Å². The molecule has 1 atom stereocenters. The number of methoxy groups -OCH3 is 1. The first-order valence-corrected chi connectivity index (χ1v) is 7.13. The van der Waals surface area contributed by atoms with Crippen LogP contribution in [-0.2, 0) is 0 Å². The van der Waals surface area contributed by atoms with Crippen LogP contribution in [0, 0.1) is 13.8 Å². The van der Waals surface area contributed by atoms with Gasteiger partial charge < -0.3 is 14.6 Å². The molecule has 0 heterocycles. The molecule has 2 aromatic rings. The zero-order valence-electron chi connectivity index (χ0n) is 12.8. The van der Waals surface area contributed by atoms with E-state index in [0.717, 1.165) is 28.2 Å². The summed E-state index contributed by atoms with van der Waals surface area (Å²) in [4.78, 5) is 0. The number of rotatable bonds is 6. The van der Waals surface area contributed by atoms with Crippen molar-refractivity contribution in [3.05, 3.63) is 59.2 Å². The van der Waals surface area contributed by atoms with Gasteiger partial charge in [-0.25, -0.2) is 0 Å². The summed E-state index contributed by atoms with van der Waals surface area (Å²) < 4.78 is 10.9. The average Bonchev–Trinajstić information content (AvgIpc) is 2.50. The van der Waals surface area contributed by atoms with Crippen LogP contribution in [0.25, 0.3) is 0 Å². The third-order valence-corrected chi connectivity index (χ3v) is 3.55. The van der Waals surface area contributed by atoms with Crippen LogP contribution in [0.15, 0.2) is 42.5 Å². The van der Waals surface area contributed by atoms with Gasteiger partial charge in [-0.3, -0.25) is 0 Å². The molecule has 1 N–H and O–H groups in total. The summed E-state index contributed by atoms with van der Waals surface area (Å²) in [5, 5.41) is 10.3. The predicted molar refractivity (Wildman–Crippen MR) is 84.0 cm³/mol. The third-order valence-electron chi connectivity index (χ3n) is 3.55. The Morgan fingerprint density at radius 2 is 1.76 bits per heavy atom. The van der Waals surface area contributed by atoms with Gasteiger partial charge in [0.15, 0.2) is 0 Å². The van der Waals surface area contributed by atoms with Gasteiger partial charge in [0.25, 0.3) is 0 Å². The summed E-state index contributed by atoms with van der Waals surface area (Å²) in [5.41, 5.74) is 3.00. The van der Waals surface area contributed by atoms with Gasteiger partial charge in [-0.05, 0) is 54.8 Å². The molecule has 21 heavy (non-hydrogen) atoms. The largest absolute Gasteiger partial charge is 0.496 e. The van der Waals surface area contributed by atoms with Crippen LogP contribution < -0.4 is 9.47 Å². The summed E-state index contributed by atoms with van der Waals surface area (Å²) in [6.45, 7) is 4.45. The van der Waals surface area contributed by atoms with E-state index in [1.807, 2.05) is 56.3 Å². The molecule has 3 heteroatoms. The molecule has 0 aromatic heterocycles. The van der Waals surface area contributed by atoms with Crippen molar-refractivity contribution >= 4 is 0 Å². The number of aliphatic hydroxyl groups excluding tert-OH is 1. The summed E-state index contributed by atoms with van der Waals surface area (Å²) in [6.07, 6.45) is 0.0277. The first-order valence-electron chi connectivity index (χ1n) is 7.13. The van der Waals surface area contributed by atoms with Gasteiger partial charge in [0.2, 0.25) is 0 Å².